The van der Waals surface area contributed by atoms with Gasteiger partial charge in [-0.1, -0.05) is 6.07 Å². The quantitative estimate of drug-likeness (QED) is 0.813. The molecule has 0 bridgehead atoms. The number of fused-ring (bicyclic) bond motifs is 2. The normalized spacial score (nSPS) is 16.4. The van der Waals surface area contributed by atoms with E-state index in [1.165, 1.54) is 0 Å². The van der Waals surface area contributed by atoms with Gasteiger partial charge in [0.15, 0.2) is 17.3 Å². The Hall–Kier alpha value is -2.95. The number of Topliss-reactive ketones (excluding diaryl/α,β-unsaturated/α-hetero) is 1. The van der Waals surface area contributed by atoms with Crippen molar-refractivity contribution in [1.29, 1.82) is 0 Å². The van der Waals surface area contributed by atoms with Crippen molar-refractivity contribution in [2.45, 2.75) is 6.92 Å². The van der Waals surface area contributed by atoms with Crippen LogP contribution in [0.2, 0.25) is 0 Å². The molecule has 2 heterocycles. The molecule has 23 heavy (non-hydrogen) atoms. The van der Waals surface area contributed by atoms with Crippen molar-refractivity contribution < 1.29 is 23.7 Å². The fourth-order valence-corrected chi connectivity index (χ4v) is 2.58. The average molecular weight is 310 g/mol. The van der Waals surface area contributed by atoms with Crippen LogP contribution in [0.5, 0.6) is 23.0 Å². The molecule has 0 aromatic heterocycles. The van der Waals surface area contributed by atoms with E-state index in [0.29, 0.717) is 35.2 Å². The molecular formula is C18H14O5. The Morgan fingerprint density at radius 3 is 2.83 bits per heavy atom. The molecule has 0 saturated carbocycles. The highest BCUT2D eigenvalue weighted by atomic mass is 16.7. The van der Waals surface area contributed by atoms with E-state index in [0.717, 1.165) is 5.56 Å². The maximum atomic E-state index is 12.4. The maximum Gasteiger partial charge on any atom is 0.231 e. The van der Waals surface area contributed by atoms with Gasteiger partial charge in [-0.15, -0.1) is 0 Å². The number of allylic oxidation sites excluding steroid dienone is 1. The fraction of sp³-hybridized carbons (Fsp3) is 0.167. The SMILES string of the molecule is CCOc1ccc2c(c1)O/C(=C/c1ccc3c(c1)OCO3)C2=O. The molecular weight excluding hydrogens is 296 g/mol. The molecule has 5 nitrogen and oxygen atoms in total. The van der Waals surface area contributed by atoms with Gasteiger partial charge < -0.3 is 18.9 Å². The number of rotatable bonds is 3. The summed E-state index contributed by atoms with van der Waals surface area (Å²) >= 11 is 0. The van der Waals surface area contributed by atoms with Crippen molar-refractivity contribution >= 4 is 11.9 Å². The predicted octanol–water partition coefficient (Wildman–Crippen LogP) is 3.43. The lowest BCUT2D eigenvalue weighted by molar-refractivity contribution is 0.101. The van der Waals surface area contributed by atoms with E-state index in [1.54, 1.807) is 24.3 Å². The van der Waals surface area contributed by atoms with E-state index in [9.17, 15) is 4.79 Å². The van der Waals surface area contributed by atoms with Gasteiger partial charge in [0.05, 0.1) is 12.2 Å². The zero-order valence-corrected chi connectivity index (χ0v) is 12.5. The zero-order valence-electron chi connectivity index (χ0n) is 12.5. The predicted molar refractivity (Wildman–Crippen MR) is 83.1 cm³/mol. The Kier molecular flexibility index (Phi) is 3.19. The minimum atomic E-state index is -0.138. The zero-order chi connectivity index (χ0) is 15.8. The summed E-state index contributed by atoms with van der Waals surface area (Å²) in [4.78, 5) is 12.4. The van der Waals surface area contributed by atoms with E-state index in [-0.39, 0.29) is 18.3 Å². The summed E-state index contributed by atoms with van der Waals surface area (Å²) in [5.41, 5.74) is 1.36. The standard InChI is InChI=1S/C18H14O5/c1-2-20-12-4-5-13-15(9-12)23-17(18(13)19)8-11-3-6-14-16(7-11)22-10-21-14/h3-9H,2,10H2,1H3/b17-8+. The summed E-state index contributed by atoms with van der Waals surface area (Å²) in [5.74, 6) is 2.72. The molecule has 2 aliphatic rings. The Morgan fingerprint density at radius 1 is 1.09 bits per heavy atom. The molecule has 0 saturated heterocycles. The Balaban J connectivity index is 1.64. The highest BCUT2D eigenvalue weighted by Gasteiger charge is 2.28. The molecule has 0 aliphatic carbocycles. The number of hydrogen-bond acceptors (Lipinski definition) is 5. The maximum absolute atomic E-state index is 12.4. The van der Waals surface area contributed by atoms with E-state index in [1.807, 2.05) is 25.1 Å². The lowest BCUT2D eigenvalue weighted by Gasteiger charge is -2.04. The third kappa shape index (κ3) is 2.40. The first-order valence-corrected chi connectivity index (χ1v) is 7.35. The van der Waals surface area contributed by atoms with E-state index < -0.39 is 0 Å². The van der Waals surface area contributed by atoms with Crippen LogP contribution in [-0.4, -0.2) is 19.2 Å². The van der Waals surface area contributed by atoms with Gasteiger partial charge in [0, 0.05) is 6.07 Å². The molecule has 2 aliphatic heterocycles. The first kappa shape index (κ1) is 13.7. The van der Waals surface area contributed by atoms with Crippen molar-refractivity contribution in [3.63, 3.8) is 0 Å². The van der Waals surface area contributed by atoms with Crippen LogP contribution in [0, 0.1) is 0 Å². The monoisotopic (exact) mass is 310 g/mol. The fourth-order valence-electron chi connectivity index (χ4n) is 2.58. The Morgan fingerprint density at radius 2 is 1.96 bits per heavy atom. The van der Waals surface area contributed by atoms with Crippen molar-refractivity contribution in [2.75, 3.05) is 13.4 Å². The van der Waals surface area contributed by atoms with Crippen LogP contribution < -0.4 is 18.9 Å². The van der Waals surface area contributed by atoms with Gasteiger partial charge in [-0.05, 0) is 42.8 Å². The van der Waals surface area contributed by atoms with Gasteiger partial charge in [0.2, 0.25) is 12.6 Å². The summed E-state index contributed by atoms with van der Waals surface area (Å²) in [6.07, 6.45) is 1.70. The summed E-state index contributed by atoms with van der Waals surface area (Å²) in [5, 5.41) is 0. The molecule has 0 spiro atoms. The van der Waals surface area contributed by atoms with Gasteiger partial charge in [0.1, 0.15) is 11.5 Å². The molecule has 2 aromatic carbocycles. The van der Waals surface area contributed by atoms with Gasteiger partial charge in [-0.25, -0.2) is 0 Å². The van der Waals surface area contributed by atoms with E-state index >= 15 is 0 Å². The van der Waals surface area contributed by atoms with Crippen molar-refractivity contribution in [3.05, 3.63) is 53.3 Å². The van der Waals surface area contributed by atoms with Crippen molar-refractivity contribution in [1.82, 2.24) is 0 Å². The first-order valence-electron chi connectivity index (χ1n) is 7.35. The largest absolute Gasteiger partial charge is 0.494 e. The van der Waals surface area contributed by atoms with Crippen LogP contribution >= 0.6 is 0 Å². The molecule has 0 N–H and O–H groups in total. The van der Waals surface area contributed by atoms with Crippen LogP contribution in [-0.2, 0) is 0 Å². The minimum Gasteiger partial charge on any atom is -0.494 e. The second-order valence-corrected chi connectivity index (χ2v) is 5.14. The number of hydrogen-bond donors (Lipinski definition) is 0. The lowest BCUT2D eigenvalue weighted by atomic mass is 10.1. The number of carbonyl (C=O) groups is 1. The molecule has 4 rings (SSSR count). The van der Waals surface area contributed by atoms with Crippen LogP contribution in [0.1, 0.15) is 22.8 Å². The van der Waals surface area contributed by atoms with Crippen LogP contribution in [0.4, 0.5) is 0 Å². The summed E-state index contributed by atoms with van der Waals surface area (Å²) < 4.78 is 21.7. The number of ketones is 1. The molecule has 2 aromatic rings. The summed E-state index contributed by atoms with van der Waals surface area (Å²) in [7, 11) is 0. The van der Waals surface area contributed by atoms with Gasteiger partial charge in [0.25, 0.3) is 0 Å². The number of ether oxygens (including phenoxy) is 4. The molecule has 116 valence electrons. The van der Waals surface area contributed by atoms with Gasteiger partial charge >= 0.3 is 0 Å². The molecule has 0 atom stereocenters. The van der Waals surface area contributed by atoms with Crippen LogP contribution in [0.25, 0.3) is 6.08 Å². The van der Waals surface area contributed by atoms with Gasteiger partial charge in [-0.2, -0.15) is 0 Å². The Labute approximate surface area is 133 Å². The lowest BCUT2D eigenvalue weighted by Crippen LogP contribution is -1.98. The van der Waals surface area contributed by atoms with E-state index in [4.69, 9.17) is 18.9 Å². The van der Waals surface area contributed by atoms with Crippen molar-refractivity contribution in [3.8, 4) is 23.0 Å². The number of carbonyl (C=O) groups excluding carboxylic acids is 1. The highest BCUT2D eigenvalue weighted by molar-refractivity contribution is 6.14. The second-order valence-electron chi connectivity index (χ2n) is 5.14. The smallest absolute Gasteiger partial charge is 0.231 e. The highest BCUT2D eigenvalue weighted by Crippen LogP contribution is 2.36. The first-order chi connectivity index (χ1) is 11.2. The molecule has 5 heteroatoms. The third-order valence-corrected chi connectivity index (χ3v) is 3.65. The molecule has 0 fully saturated rings. The molecule has 0 unspecified atom stereocenters. The Bertz CT molecular complexity index is 822. The third-order valence-electron chi connectivity index (χ3n) is 3.65. The summed E-state index contributed by atoms with van der Waals surface area (Å²) in [6.45, 7) is 2.69. The average Bonchev–Trinajstić information content (AvgIpc) is 3.13. The van der Waals surface area contributed by atoms with Crippen LogP contribution in [0.15, 0.2) is 42.2 Å². The van der Waals surface area contributed by atoms with E-state index in [2.05, 4.69) is 0 Å². The molecule has 0 amide bonds. The molecule has 0 radical (unpaired) electrons. The number of benzene rings is 2. The van der Waals surface area contributed by atoms with Gasteiger partial charge in [-0.3, -0.25) is 4.79 Å². The topological polar surface area (TPSA) is 54.0 Å². The summed E-state index contributed by atoms with van der Waals surface area (Å²) in [6, 6.07) is 10.7. The second kappa shape index (κ2) is 5.35. The van der Waals surface area contributed by atoms with Crippen LogP contribution in [0.3, 0.4) is 0 Å². The van der Waals surface area contributed by atoms with Crippen molar-refractivity contribution in [2.24, 2.45) is 0 Å². The minimum absolute atomic E-state index is 0.138.